The van der Waals surface area contributed by atoms with Gasteiger partial charge in [-0.1, -0.05) is 25.3 Å². The minimum Gasteiger partial charge on any atom is -0.479 e. The Morgan fingerprint density at radius 2 is 1.50 bits per heavy atom. The summed E-state index contributed by atoms with van der Waals surface area (Å²) >= 11 is 0. The number of benzene rings is 1. The molecule has 0 heterocycles. The number of halogens is 6. The van der Waals surface area contributed by atoms with Crippen LogP contribution in [-0.2, 0) is 17.1 Å². The van der Waals surface area contributed by atoms with E-state index in [1.54, 1.807) is 0 Å². The number of carboxylic acid groups (broad SMARTS) is 1. The lowest BCUT2D eigenvalue weighted by Gasteiger charge is -2.33. The maximum Gasteiger partial charge on any atom is 0.416 e. The highest BCUT2D eigenvalue weighted by molar-refractivity contribution is 5.88. The molecule has 3 nitrogen and oxygen atoms in total. The minimum absolute atomic E-state index is 0.0103. The van der Waals surface area contributed by atoms with Gasteiger partial charge in [-0.2, -0.15) is 26.3 Å². The van der Waals surface area contributed by atoms with Crippen LogP contribution in [0.4, 0.5) is 26.3 Å². The number of alkyl halides is 6. The van der Waals surface area contributed by atoms with Crippen LogP contribution in [0.2, 0.25) is 0 Å². The van der Waals surface area contributed by atoms with Crippen LogP contribution < -0.4 is 0 Å². The molecule has 1 aromatic carbocycles. The molecular weight excluding hydrogens is 388 g/mol. The molecule has 0 bridgehead atoms. The topological polar surface area (TPSA) is 49.7 Å². The van der Waals surface area contributed by atoms with Crippen LogP contribution in [0.5, 0.6) is 0 Å². The number of aliphatic carboxylic acids is 1. The van der Waals surface area contributed by atoms with Crippen molar-refractivity contribution in [3.63, 3.8) is 0 Å². The summed E-state index contributed by atoms with van der Waals surface area (Å²) in [6.45, 7) is 3.50. The fourth-order valence-electron chi connectivity index (χ4n) is 3.42. The molecule has 1 N–H and O–H groups in total. The van der Waals surface area contributed by atoms with Crippen molar-refractivity contribution in [1.29, 1.82) is 0 Å². The Kier molecular flexibility index (Phi) is 6.25. The zero-order chi connectivity index (χ0) is 21.2. The third-order valence-corrected chi connectivity index (χ3v) is 4.92. The molecule has 1 atom stereocenters. The number of nitrogens with zero attached hydrogens (tertiary/aromatic N) is 1. The second-order valence-electron chi connectivity index (χ2n) is 6.77. The van der Waals surface area contributed by atoms with Crippen molar-refractivity contribution in [1.82, 2.24) is 0 Å². The predicted molar refractivity (Wildman–Crippen MR) is 91.2 cm³/mol. The lowest BCUT2D eigenvalue weighted by Crippen LogP contribution is -2.43. The molecule has 28 heavy (non-hydrogen) atoms. The molecule has 9 heteroatoms. The van der Waals surface area contributed by atoms with Crippen molar-refractivity contribution in [3.8, 4) is 0 Å². The standard InChI is InChI=1S/C19H19F6NO2/c1-2-17(16(27)28,13-6-4-3-5-7-13)26-11-12-8-14(18(20,21)22)10-15(9-12)19(23,24)25/h2,8-11,13H,1,3-7H2,(H,27,28)/t17-/m0/s1. The van der Waals surface area contributed by atoms with E-state index < -0.39 is 46.5 Å². The second-order valence-corrected chi connectivity index (χ2v) is 6.77. The average molecular weight is 407 g/mol. The SMILES string of the molecule is C=C[C@@](N=Cc1cc(C(F)(F)F)cc(C(F)(F)F)c1)(C(=O)O)C1CCCCC1. The molecule has 1 fully saturated rings. The minimum atomic E-state index is -4.99. The molecule has 0 aliphatic heterocycles. The molecule has 1 saturated carbocycles. The third kappa shape index (κ3) is 4.74. The van der Waals surface area contributed by atoms with E-state index in [2.05, 4.69) is 11.6 Å². The summed E-state index contributed by atoms with van der Waals surface area (Å²) in [5.41, 5.74) is -5.25. The molecular formula is C19H19F6NO2. The van der Waals surface area contributed by atoms with Gasteiger partial charge in [-0.15, -0.1) is 6.58 Å². The van der Waals surface area contributed by atoms with Gasteiger partial charge < -0.3 is 5.11 Å². The molecule has 1 aromatic rings. The monoisotopic (exact) mass is 407 g/mol. The number of aliphatic imine (C=N–C) groups is 1. The number of carboxylic acids is 1. The van der Waals surface area contributed by atoms with Gasteiger partial charge in [0.2, 0.25) is 0 Å². The quantitative estimate of drug-likeness (QED) is 0.385. The molecule has 2 rings (SSSR count). The Morgan fingerprint density at radius 3 is 1.89 bits per heavy atom. The smallest absolute Gasteiger partial charge is 0.416 e. The van der Waals surface area contributed by atoms with Crippen molar-refractivity contribution in [3.05, 3.63) is 47.5 Å². The summed E-state index contributed by atoms with van der Waals surface area (Å²) in [5, 5.41) is 9.68. The molecule has 1 aliphatic rings. The normalized spacial score (nSPS) is 18.8. The number of carbonyl (C=O) groups is 1. The molecule has 0 spiro atoms. The van der Waals surface area contributed by atoms with E-state index in [1.807, 2.05) is 0 Å². The summed E-state index contributed by atoms with van der Waals surface area (Å²) in [7, 11) is 0. The van der Waals surface area contributed by atoms with Gasteiger partial charge in [0.05, 0.1) is 11.1 Å². The van der Waals surface area contributed by atoms with Crippen LogP contribution >= 0.6 is 0 Å². The first-order valence-corrected chi connectivity index (χ1v) is 8.62. The first-order chi connectivity index (χ1) is 12.9. The zero-order valence-electron chi connectivity index (χ0n) is 14.8. The van der Waals surface area contributed by atoms with Gasteiger partial charge in [0.15, 0.2) is 5.54 Å². The van der Waals surface area contributed by atoms with Crippen LogP contribution in [0.1, 0.15) is 48.8 Å². The van der Waals surface area contributed by atoms with Crippen LogP contribution in [0.25, 0.3) is 0 Å². The fourth-order valence-corrected chi connectivity index (χ4v) is 3.42. The summed E-state index contributed by atoms with van der Waals surface area (Å²) in [6.07, 6.45) is -4.59. The highest BCUT2D eigenvalue weighted by atomic mass is 19.4. The Hall–Kier alpha value is -2.32. The van der Waals surface area contributed by atoms with Gasteiger partial charge >= 0.3 is 18.3 Å². The predicted octanol–water partition coefficient (Wildman–Crippen LogP) is 5.73. The van der Waals surface area contributed by atoms with Crippen molar-refractivity contribution in [2.75, 3.05) is 0 Å². The number of rotatable bonds is 5. The maximum atomic E-state index is 13.0. The molecule has 1 aliphatic carbocycles. The van der Waals surface area contributed by atoms with Gasteiger partial charge in [-0.25, -0.2) is 4.79 Å². The van der Waals surface area contributed by atoms with Gasteiger partial charge in [-0.3, -0.25) is 4.99 Å². The molecule has 0 saturated heterocycles. The fraction of sp³-hybridized carbons (Fsp3) is 0.474. The van der Waals surface area contributed by atoms with Crippen LogP contribution in [0.3, 0.4) is 0 Å². The molecule has 0 aromatic heterocycles. The van der Waals surface area contributed by atoms with Gasteiger partial charge in [0.1, 0.15) is 0 Å². The molecule has 0 amide bonds. The van der Waals surface area contributed by atoms with E-state index in [0.717, 1.165) is 31.6 Å². The highest BCUT2D eigenvalue weighted by Crippen LogP contribution is 2.38. The van der Waals surface area contributed by atoms with Crippen LogP contribution in [0, 0.1) is 5.92 Å². The van der Waals surface area contributed by atoms with Gasteiger partial charge in [-0.05, 0) is 42.5 Å². The van der Waals surface area contributed by atoms with E-state index in [-0.39, 0.29) is 6.07 Å². The van der Waals surface area contributed by atoms with E-state index in [1.165, 1.54) is 0 Å². The summed E-state index contributed by atoms with van der Waals surface area (Å²) < 4.78 is 77.8. The van der Waals surface area contributed by atoms with Crippen molar-refractivity contribution in [2.24, 2.45) is 10.9 Å². The van der Waals surface area contributed by atoms with Crippen molar-refractivity contribution >= 4 is 12.2 Å². The lowest BCUT2D eigenvalue weighted by atomic mass is 9.75. The third-order valence-electron chi connectivity index (χ3n) is 4.92. The Bertz CT molecular complexity index is 730. The number of hydrogen-bond acceptors (Lipinski definition) is 2. The average Bonchev–Trinajstić information content (AvgIpc) is 2.61. The second kappa shape index (κ2) is 7.97. The zero-order valence-corrected chi connectivity index (χ0v) is 14.8. The molecule has 0 unspecified atom stereocenters. The number of hydrogen-bond donors (Lipinski definition) is 1. The van der Waals surface area contributed by atoms with Crippen LogP contribution in [-0.4, -0.2) is 22.8 Å². The summed E-state index contributed by atoms with van der Waals surface area (Å²) in [5.74, 6) is -1.77. The summed E-state index contributed by atoms with van der Waals surface area (Å²) in [6, 6.07) is 1.03. The Balaban J connectivity index is 2.52. The lowest BCUT2D eigenvalue weighted by molar-refractivity contribution is -0.144. The van der Waals surface area contributed by atoms with Gasteiger partial charge in [0, 0.05) is 6.21 Å². The highest BCUT2D eigenvalue weighted by Gasteiger charge is 2.43. The largest absolute Gasteiger partial charge is 0.479 e. The van der Waals surface area contributed by atoms with E-state index in [0.29, 0.717) is 25.0 Å². The molecule has 154 valence electrons. The van der Waals surface area contributed by atoms with Gasteiger partial charge in [0.25, 0.3) is 0 Å². The van der Waals surface area contributed by atoms with E-state index in [9.17, 15) is 36.2 Å². The summed E-state index contributed by atoms with van der Waals surface area (Å²) in [4.78, 5) is 15.8. The molecule has 0 radical (unpaired) electrons. The van der Waals surface area contributed by atoms with Crippen molar-refractivity contribution in [2.45, 2.75) is 50.0 Å². The van der Waals surface area contributed by atoms with E-state index in [4.69, 9.17) is 0 Å². The van der Waals surface area contributed by atoms with E-state index >= 15 is 0 Å². The Morgan fingerprint density at radius 1 is 1.00 bits per heavy atom. The Labute approximate surface area is 157 Å². The van der Waals surface area contributed by atoms with Crippen LogP contribution in [0.15, 0.2) is 35.8 Å². The first-order valence-electron chi connectivity index (χ1n) is 8.62. The first kappa shape index (κ1) is 22.0. The van der Waals surface area contributed by atoms with Crippen molar-refractivity contribution < 1.29 is 36.2 Å². The maximum absolute atomic E-state index is 13.0.